The minimum absolute atomic E-state index is 0.200. The summed E-state index contributed by atoms with van der Waals surface area (Å²) >= 11 is 5.90. The fourth-order valence-corrected chi connectivity index (χ4v) is 12.9. The molecule has 4 aromatic carbocycles. The molecule has 38 heavy (non-hydrogen) atoms. The molecule has 0 aliphatic heterocycles. The summed E-state index contributed by atoms with van der Waals surface area (Å²) in [4.78, 5) is 19.5. The van der Waals surface area contributed by atoms with Gasteiger partial charge in [-0.15, -0.1) is 0 Å². The number of halogens is 1. The quantitative estimate of drug-likeness (QED) is 0.138. The first kappa shape index (κ1) is 26.5. The van der Waals surface area contributed by atoms with Crippen LogP contribution in [-0.4, -0.2) is 17.1 Å². The summed E-state index contributed by atoms with van der Waals surface area (Å²) in [6.45, 7) is 4.25. The molecule has 0 amide bonds. The number of hydrogen-bond donors (Lipinski definition) is 0. The van der Waals surface area contributed by atoms with E-state index in [2.05, 4.69) is 77.0 Å². The van der Waals surface area contributed by atoms with Gasteiger partial charge in [0.15, 0.2) is 0 Å². The van der Waals surface area contributed by atoms with Crippen molar-refractivity contribution in [3.63, 3.8) is 0 Å². The van der Waals surface area contributed by atoms with Crippen LogP contribution >= 0.6 is 32.1 Å². The van der Waals surface area contributed by atoms with Gasteiger partial charge in [0, 0.05) is 0 Å². The van der Waals surface area contributed by atoms with Gasteiger partial charge in [0.1, 0.15) is 0 Å². The van der Waals surface area contributed by atoms with E-state index in [9.17, 15) is 4.79 Å². The van der Waals surface area contributed by atoms with Crippen molar-refractivity contribution in [2.75, 3.05) is 6.16 Å². The van der Waals surface area contributed by atoms with Crippen molar-refractivity contribution < 1.29 is 9.53 Å². The third kappa shape index (κ3) is 4.99. The Labute approximate surface area is 236 Å². The van der Waals surface area contributed by atoms with Crippen molar-refractivity contribution in [3.8, 4) is 10.6 Å². The van der Waals surface area contributed by atoms with Crippen LogP contribution in [0.4, 0.5) is 0 Å². The fourth-order valence-electron chi connectivity index (χ4n) is 4.84. The predicted octanol–water partition coefficient (Wildman–Crippen LogP) is 7.31. The van der Waals surface area contributed by atoms with Gasteiger partial charge in [-0.2, -0.15) is 0 Å². The average Bonchev–Trinajstić information content (AvgIpc) is 3.34. The maximum atomic E-state index is 13.8. The van der Waals surface area contributed by atoms with Crippen molar-refractivity contribution >= 4 is 54.0 Å². The standard InChI is InChI=1S/C32H29BrNO2PS/c1-24-13-12-14-26(21-24)32-34-25(2)30(38-32)22-36-31(35)23-37(33,27-15-6-3-7-16-27,28-17-8-4-9-18-28)29-19-10-5-11-20-29/h3-21H,22-23H2,1-2H3. The molecule has 0 aliphatic carbocycles. The maximum absolute atomic E-state index is 13.8. The molecule has 0 spiro atoms. The van der Waals surface area contributed by atoms with E-state index in [1.165, 1.54) is 5.56 Å². The zero-order valence-corrected chi connectivity index (χ0v) is 24.7. The summed E-state index contributed by atoms with van der Waals surface area (Å²) < 4.78 is 6.00. The minimum atomic E-state index is -3.39. The van der Waals surface area contributed by atoms with Gasteiger partial charge in [0.25, 0.3) is 0 Å². The van der Waals surface area contributed by atoms with Crippen molar-refractivity contribution in [2.24, 2.45) is 0 Å². The van der Waals surface area contributed by atoms with Gasteiger partial charge in [-0.05, 0) is 0 Å². The Kier molecular flexibility index (Phi) is 7.63. The van der Waals surface area contributed by atoms with E-state index in [0.29, 0.717) is 0 Å². The second kappa shape index (κ2) is 10.9. The summed E-state index contributed by atoms with van der Waals surface area (Å²) in [7, 11) is 0. The number of aromatic nitrogens is 1. The first-order valence-electron chi connectivity index (χ1n) is 12.5. The molecule has 0 aliphatic rings. The monoisotopic (exact) mass is 601 g/mol. The molecule has 0 atom stereocenters. The van der Waals surface area contributed by atoms with Crippen molar-refractivity contribution in [1.82, 2.24) is 4.98 Å². The Hall–Kier alpha value is -3.11. The van der Waals surface area contributed by atoms with Gasteiger partial charge in [-0.3, -0.25) is 0 Å². The molecular weight excluding hydrogens is 573 g/mol. The van der Waals surface area contributed by atoms with Gasteiger partial charge in [0.05, 0.1) is 0 Å². The zero-order chi connectivity index (χ0) is 26.6. The number of benzene rings is 4. The zero-order valence-electron chi connectivity index (χ0n) is 21.4. The van der Waals surface area contributed by atoms with Gasteiger partial charge in [-0.1, -0.05) is 0 Å². The number of aryl methyl sites for hydroxylation is 2. The Bertz CT molecular complexity index is 1460. The van der Waals surface area contributed by atoms with E-state index in [1.807, 2.05) is 67.6 Å². The molecule has 3 nitrogen and oxygen atoms in total. The van der Waals surface area contributed by atoms with Crippen molar-refractivity contribution in [3.05, 3.63) is 131 Å². The average molecular weight is 603 g/mol. The topological polar surface area (TPSA) is 39.2 Å². The van der Waals surface area contributed by atoms with E-state index < -0.39 is 5.31 Å². The third-order valence-electron chi connectivity index (χ3n) is 6.83. The van der Waals surface area contributed by atoms with E-state index in [4.69, 9.17) is 9.72 Å². The van der Waals surface area contributed by atoms with Crippen LogP contribution in [0.5, 0.6) is 0 Å². The Morgan fingerprint density at radius 1 is 0.789 bits per heavy atom. The SMILES string of the molecule is Cc1cccc(-c2nc(C)c(COC(=O)CP(Br)(c3ccccc3)(c3ccccc3)c3ccccc3)s2)c1. The van der Waals surface area contributed by atoms with Gasteiger partial charge in [0.2, 0.25) is 0 Å². The Morgan fingerprint density at radius 3 is 1.82 bits per heavy atom. The van der Waals surface area contributed by atoms with Crippen LogP contribution in [-0.2, 0) is 16.1 Å². The molecular formula is C32H29BrNO2PS. The van der Waals surface area contributed by atoms with Crippen LogP contribution in [0.2, 0.25) is 0 Å². The molecule has 0 saturated carbocycles. The van der Waals surface area contributed by atoms with E-state index in [0.717, 1.165) is 37.1 Å². The van der Waals surface area contributed by atoms with Crippen LogP contribution in [0, 0.1) is 13.8 Å². The first-order chi connectivity index (χ1) is 18.4. The van der Waals surface area contributed by atoms with Crippen LogP contribution in [0.1, 0.15) is 16.1 Å². The van der Waals surface area contributed by atoms with E-state index in [-0.39, 0.29) is 18.7 Å². The van der Waals surface area contributed by atoms with Crippen LogP contribution in [0.3, 0.4) is 0 Å². The van der Waals surface area contributed by atoms with Crippen LogP contribution < -0.4 is 15.9 Å². The molecule has 0 fully saturated rings. The number of esters is 1. The molecule has 192 valence electrons. The number of nitrogens with zero attached hydrogens (tertiary/aromatic N) is 1. The summed E-state index contributed by atoms with van der Waals surface area (Å²) in [6.07, 6.45) is 0.201. The molecule has 1 heterocycles. The number of ether oxygens (including phenoxy) is 1. The number of thiazole rings is 1. The molecule has 0 bridgehead atoms. The molecule has 0 N–H and O–H groups in total. The molecule has 5 rings (SSSR count). The molecule has 0 unspecified atom stereocenters. The van der Waals surface area contributed by atoms with Gasteiger partial charge in [-0.25, -0.2) is 0 Å². The van der Waals surface area contributed by atoms with Crippen molar-refractivity contribution in [2.45, 2.75) is 20.5 Å². The number of rotatable bonds is 8. The van der Waals surface area contributed by atoms with Crippen LogP contribution in [0.25, 0.3) is 10.6 Å². The van der Waals surface area contributed by atoms with Gasteiger partial charge < -0.3 is 0 Å². The number of carbonyl (C=O) groups is 1. The molecule has 5 aromatic rings. The third-order valence-corrected chi connectivity index (χ3v) is 17.4. The summed E-state index contributed by atoms with van der Waals surface area (Å²) in [5.41, 5.74) is 3.16. The normalized spacial score (nSPS) is 12.4. The predicted molar refractivity (Wildman–Crippen MR) is 166 cm³/mol. The second-order valence-corrected chi connectivity index (χ2v) is 19.4. The Morgan fingerprint density at radius 2 is 1.32 bits per heavy atom. The number of carbonyl (C=O) groups excluding carboxylic acids is 1. The summed E-state index contributed by atoms with van der Waals surface area (Å²) in [6, 6.07) is 39.2. The van der Waals surface area contributed by atoms with Crippen LogP contribution in [0.15, 0.2) is 115 Å². The second-order valence-electron chi connectivity index (χ2n) is 9.41. The van der Waals surface area contributed by atoms with E-state index >= 15 is 0 Å². The number of hydrogen-bond acceptors (Lipinski definition) is 4. The molecule has 1 aromatic heterocycles. The van der Waals surface area contributed by atoms with E-state index in [1.54, 1.807) is 11.3 Å². The molecule has 0 saturated heterocycles. The molecule has 0 radical (unpaired) electrons. The van der Waals surface area contributed by atoms with Crippen molar-refractivity contribution in [1.29, 1.82) is 0 Å². The Balaban J connectivity index is 1.50. The molecule has 6 heteroatoms. The first-order valence-corrected chi connectivity index (χ1v) is 17.7. The summed E-state index contributed by atoms with van der Waals surface area (Å²) in [5.74, 6) is -0.249. The summed E-state index contributed by atoms with van der Waals surface area (Å²) in [5, 5.41) is 0.814. The van der Waals surface area contributed by atoms with Gasteiger partial charge >= 0.3 is 237 Å². The fraction of sp³-hybridized carbons (Fsp3) is 0.125.